The van der Waals surface area contributed by atoms with E-state index in [0.717, 1.165) is 31.6 Å². The van der Waals surface area contributed by atoms with Crippen LogP contribution in [0.2, 0.25) is 0 Å². The normalized spacial score (nSPS) is 29.2. The van der Waals surface area contributed by atoms with Crippen LogP contribution in [0.5, 0.6) is 0 Å². The molecule has 1 aromatic rings. The van der Waals surface area contributed by atoms with Crippen LogP contribution in [0.4, 0.5) is 5.69 Å². The third kappa shape index (κ3) is 3.04. The Hall–Kier alpha value is -1.91. The van der Waals surface area contributed by atoms with Gasteiger partial charge in [0.25, 0.3) is 0 Å². The van der Waals surface area contributed by atoms with Gasteiger partial charge in [-0.3, -0.25) is 14.6 Å². The largest absolute Gasteiger partial charge is 0.342 e. The summed E-state index contributed by atoms with van der Waals surface area (Å²) in [6, 6.07) is 3.67. The molecule has 2 heterocycles. The van der Waals surface area contributed by atoms with Gasteiger partial charge in [-0.2, -0.15) is 0 Å². The van der Waals surface area contributed by atoms with Crippen molar-refractivity contribution in [1.29, 1.82) is 0 Å². The van der Waals surface area contributed by atoms with Gasteiger partial charge in [-0.1, -0.05) is 12.8 Å². The average Bonchev–Trinajstić information content (AvgIpc) is 2.90. The number of likely N-dealkylation sites (tertiary alicyclic amines) is 1. The summed E-state index contributed by atoms with van der Waals surface area (Å²) < 4.78 is 0. The summed E-state index contributed by atoms with van der Waals surface area (Å²) in [5, 5.41) is 2.95. The molecular weight excluding hydrogens is 302 g/mol. The monoisotopic (exact) mass is 327 g/mol. The highest BCUT2D eigenvalue weighted by Gasteiger charge is 2.61. The Kier molecular flexibility index (Phi) is 4.02. The van der Waals surface area contributed by atoms with E-state index in [1.165, 1.54) is 25.7 Å². The first-order valence-corrected chi connectivity index (χ1v) is 9.15. The van der Waals surface area contributed by atoms with Gasteiger partial charge < -0.3 is 10.2 Å². The Morgan fingerprint density at radius 2 is 2.17 bits per heavy atom. The van der Waals surface area contributed by atoms with Crippen LogP contribution < -0.4 is 5.32 Å². The molecule has 0 radical (unpaired) electrons. The summed E-state index contributed by atoms with van der Waals surface area (Å²) in [5.41, 5.74) is 0.786. The highest BCUT2D eigenvalue weighted by atomic mass is 16.2. The Labute approximate surface area is 142 Å². The SMILES string of the molecule is O=C(Nc1cccnc1)[C@@H]1C[C@@]12CCN(C(=O)CC1CCCC1)C2. The Morgan fingerprint density at radius 3 is 2.92 bits per heavy atom. The van der Waals surface area contributed by atoms with Crippen molar-refractivity contribution in [1.82, 2.24) is 9.88 Å². The Balaban J connectivity index is 1.30. The van der Waals surface area contributed by atoms with E-state index in [0.29, 0.717) is 18.2 Å². The maximum Gasteiger partial charge on any atom is 0.228 e. The molecule has 1 N–H and O–H groups in total. The standard InChI is InChI=1S/C19H25N3O2/c23-17(10-14-4-1-2-5-14)22-9-7-19(13-22)11-16(19)18(24)21-15-6-3-8-20-12-15/h3,6,8,12,14,16H,1-2,4-5,7,9-11,13H2,(H,21,24)/t16-,19+/m0/s1. The van der Waals surface area contributed by atoms with Crippen molar-refractivity contribution in [2.24, 2.45) is 17.3 Å². The molecule has 2 atom stereocenters. The van der Waals surface area contributed by atoms with Gasteiger partial charge in [-0.25, -0.2) is 0 Å². The first-order chi connectivity index (χ1) is 11.7. The molecule has 0 bridgehead atoms. The molecule has 0 aromatic carbocycles. The van der Waals surface area contributed by atoms with Crippen molar-refractivity contribution in [3.63, 3.8) is 0 Å². The molecule has 1 aliphatic heterocycles. The van der Waals surface area contributed by atoms with E-state index in [9.17, 15) is 9.59 Å². The molecule has 3 aliphatic rings. The second-order valence-corrected chi connectivity index (χ2v) is 7.77. The molecular formula is C19H25N3O2. The summed E-state index contributed by atoms with van der Waals surface area (Å²) in [4.78, 5) is 31.0. The summed E-state index contributed by atoms with van der Waals surface area (Å²) in [6.45, 7) is 1.59. The summed E-state index contributed by atoms with van der Waals surface area (Å²) in [6.07, 6.45) is 10.9. The topological polar surface area (TPSA) is 62.3 Å². The molecule has 5 nitrogen and oxygen atoms in total. The lowest BCUT2D eigenvalue weighted by molar-refractivity contribution is -0.131. The van der Waals surface area contributed by atoms with Crippen LogP contribution in [0.1, 0.15) is 44.9 Å². The number of hydrogen-bond acceptors (Lipinski definition) is 3. The zero-order valence-corrected chi connectivity index (χ0v) is 14.0. The van der Waals surface area contributed by atoms with Crippen LogP contribution in [0.3, 0.4) is 0 Å². The van der Waals surface area contributed by atoms with E-state index < -0.39 is 0 Å². The number of carbonyl (C=O) groups excluding carboxylic acids is 2. The lowest BCUT2D eigenvalue weighted by atomic mass is 10.0. The fourth-order valence-electron chi connectivity index (χ4n) is 4.53. The molecule has 1 saturated heterocycles. The summed E-state index contributed by atoms with van der Waals surface area (Å²) in [5.74, 6) is 1.02. The third-order valence-corrected chi connectivity index (χ3v) is 6.11. The smallest absolute Gasteiger partial charge is 0.228 e. The van der Waals surface area contributed by atoms with Crippen molar-refractivity contribution in [2.45, 2.75) is 44.9 Å². The average molecular weight is 327 g/mol. The van der Waals surface area contributed by atoms with Gasteiger partial charge in [0, 0.05) is 37.0 Å². The molecule has 5 heteroatoms. The van der Waals surface area contributed by atoms with Gasteiger partial charge in [-0.05, 0) is 43.7 Å². The van der Waals surface area contributed by atoms with Crippen molar-refractivity contribution in [3.05, 3.63) is 24.5 Å². The van der Waals surface area contributed by atoms with E-state index in [4.69, 9.17) is 0 Å². The number of nitrogens with zero attached hydrogens (tertiary/aromatic N) is 2. The number of carbonyl (C=O) groups is 2. The number of amides is 2. The fraction of sp³-hybridized carbons (Fsp3) is 0.632. The molecule has 3 fully saturated rings. The van der Waals surface area contributed by atoms with Gasteiger partial charge in [0.2, 0.25) is 11.8 Å². The number of anilines is 1. The maximum absolute atomic E-state index is 12.5. The molecule has 2 aliphatic carbocycles. The molecule has 2 saturated carbocycles. The first-order valence-electron chi connectivity index (χ1n) is 9.15. The molecule has 24 heavy (non-hydrogen) atoms. The zero-order valence-electron chi connectivity index (χ0n) is 14.0. The predicted octanol–water partition coefficient (Wildman–Crippen LogP) is 2.84. The third-order valence-electron chi connectivity index (χ3n) is 6.11. The lowest BCUT2D eigenvalue weighted by Crippen LogP contribution is -2.31. The van der Waals surface area contributed by atoms with Crippen LogP contribution in [-0.4, -0.2) is 34.8 Å². The van der Waals surface area contributed by atoms with Crippen molar-refractivity contribution in [3.8, 4) is 0 Å². The van der Waals surface area contributed by atoms with Crippen molar-refractivity contribution >= 4 is 17.5 Å². The van der Waals surface area contributed by atoms with E-state index in [-0.39, 0.29) is 17.2 Å². The van der Waals surface area contributed by atoms with Crippen LogP contribution in [0.25, 0.3) is 0 Å². The van der Waals surface area contributed by atoms with Crippen LogP contribution in [0, 0.1) is 17.3 Å². The van der Waals surface area contributed by atoms with Gasteiger partial charge in [-0.15, -0.1) is 0 Å². The van der Waals surface area contributed by atoms with E-state index in [2.05, 4.69) is 10.3 Å². The fourth-order valence-corrected chi connectivity index (χ4v) is 4.53. The molecule has 128 valence electrons. The highest BCUT2D eigenvalue weighted by Crippen LogP contribution is 2.58. The van der Waals surface area contributed by atoms with Gasteiger partial charge >= 0.3 is 0 Å². The Morgan fingerprint density at radius 1 is 1.33 bits per heavy atom. The van der Waals surface area contributed by atoms with E-state index >= 15 is 0 Å². The van der Waals surface area contributed by atoms with Crippen molar-refractivity contribution < 1.29 is 9.59 Å². The van der Waals surface area contributed by atoms with Gasteiger partial charge in [0.15, 0.2) is 0 Å². The number of hydrogen-bond donors (Lipinski definition) is 1. The Bertz CT molecular complexity index is 627. The summed E-state index contributed by atoms with van der Waals surface area (Å²) in [7, 11) is 0. The van der Waals surface area contributed by atoms with Gasteiger partial charge in [0.05, 0.1) is 11.9 Å². The van der Waals surface area contributed by atoms with E-state index in [1.54, 1.807) is 12.4 Å². The molecule has 2 amide bonds. The highest BCUT2D eigenvalue weighted by molar-refractivity contribution is 5.95. The number of rotatable bonds is 4. The quantitative estimate of drug-likeness (QED) is 0.925. The first kappa shape index (κ1) is 15.6. The van der Waals surface area contributed by atoms with Crippen LogP contribution in [-0.2, 0) is 9.59 Å². The minimum atomic E-state index is 0.0393. The molecule has 1 spiro atoms. The van der Waals surface area contributed by atoms with Crippen molar-refractivity contribution in [2.75, 3.05) is 18.4 Å². The number of nitrogens with one attached hydrogen (secondary N) is 1. The van der Waals surface area contributed by atoms with Crippen LogP contribution >= 0.6 is 0 Å². The second-order valence-electron chi connectivity index (χ2n) is 7.77. The number of pyridine rings is 1. The zero-order chi connectivity index (χ0) is 16.6. The number of aromatic nitrogens is 1. The summed E-state index contributed by atoms with van der Waals surface area (Å²) >= 11 is 0. The lowest BCUT2D eigenvalue weighted by Gasteiger charge is -2.19. The minimum absolute atomic E-state index is 0.0393. The minimum Gasteiger partial charge on any atom is -0.342 e. The van der Waals surface area contributed by atoms with E-state index in [1.807, 2.05) is 17.0 Å². The maximum atomic E-state index is 12.5. The molecule has 0 unspecified atom stereocenters. The van der Waals surface area contributed by atoms with Gasteiger partial charge in [0.1, 0.15) is 0 Å². The second kappa shape index (κ2) is 6.19. The molecule has 4 rings (SSSR count). The molecule has 1 aromatic heterocycles. The van der Waals surface area contributed by atoms with Crippen LogP contribution in [0.15, 0.2) is 24.5 Å². The predicted molar refractivity (Wildman–Crippen MR) is 91.2 cm³/mol.